The Kier molecular flexibility index (Phi) is 4.87. The molecule has 142 valence electrons. The average molecular weight is 395 g/mol. The van der Waals surface area contributed by atoms with Crippen LogP contribution in [0.15, 0.2) is 39.0 Å². The number of nitrogens with two attached hydrogens (primary N) is 1. The molecule has 3 aromatic rings. The summed E-state index contributed by atoms with van der Waals surface area (Å²) in [7, 11) is 2.56. The Hall–Kier alpha value is -2.95. The number of carbonyl (C=O) groups is 1. The van der Waals surface area contributed by atoms with E-state index in [0.29, 0.717) is 5.52 Å². The largest absolute Gasteiger partial charge is 0.384 e. The highest BCUT2D eigenvalue weighted by atomic mass is 32.2. The van der Waals surface area contributed by atoms with Gasteiger partial charge in [-0.15, -0.1) is 0 Å². The van der Waals surface area contributed by atoms with Crippen molar-refractivity contribution >= 4 is 34.4 Å². The molecule has 0 radical (unpaired) electrons. The Labute approximate surface area is 155 Å². The number of benzene rings is 1. The van der Waals surface area contributed by atoms with Crippen molar-refractivity contribution in [1.82, 2.24) is 18.7 Å². The zero-order valence-electron chi connectivity index (χ0n) is 14.3. The number of thioether (sulfide) groups is 1. The molecule has 27 heavy (non-hydrogen) atoms. The number of anilines is 1. The van der Waals surface area contributed by atoms with Crippen molar-refractivity contribution < 1.29 is 13.6 Å². The van der Waals surface area contributed by atoms with E-state index in [0.717, 1.165) is 25.5 Å². The normalized spacial score (nSPS) is 11.4. The Morgan fingerprint density at radius 1 is 1.22 bits per heavy atom. The fourth-order valence-electron chi connectivity index (χ4n) is 2.64. The maximum absolute atomic E-state index is 13.4. The van der Waals surface area contributed by atoms with Crippen molar-refractivity contribution in [3.8, 4) is 0 Å². The molecule has 1 aromatic carbocycles. The fraction of sp³-hybridized carbons (Fsp3) is 0.250. The molecular formula is C16H15F2N5O3S. The Morgan fingerprint density at radius 2 is 1.89 bits per heavy atom. The summed E-state index contributed by atoms with van der Waals surface area (Å²) in [5.41, 5.74) is 4.49. The van der Waals surface area contributed by atoms with Crippen molar-refractivity contribution in [2.45, 2.75) is 11.7 Å². The molecular weight excluding hydrogens is 380 g/mol. The third kappa shape index (κ3) is 3.14. The molecule has 0 aliphatic heterocycles. The van der Waals surface area contributed by atoms with Gasteiger partial charge in [-0.3, -0.25) is 23.3 Å². The number of carbonyl (C=O) groups excluding carboxylic acids is 1. The van der Waals surface area contributed by atoms with Crippen molar-refractivity contribution in [3.05, 3.63) is 50.7 Å². The number of nitrogen functional groups attached to an aromatic ring is 1. The van der Waals surface area contributed by atoms with E-state index >= 15 is 0 Å². The molecule has 0 saturated carbocycles. The molecule has 0 fully saturated rings. The predicted octanol–water partition coefficient (Wildman–Crippen LogP) is 1.39. The van der Waals surface area contributed by atoms with Gasteiger partial charge in [0.1, 0.15) is 11.4 Å². The summed E-state index contributed by atoms with van der Waals surface area (Å²) < 4.78 is 29.3. The van der Waals surface area contributed by atoms with Gasteiger partial charge in [0.2, 0.25) is 0 Å². The molecule has 0 spiro atoms. The van der Waals surface area contributed by atoms with E-state index in [4.69, 9.17) is 5.73 Å². The molecule has 0 atom stereocenters. The van der Waals surface area contributed by atoms with Gasteiger partial charge < -0.3 is 5.73 Å². The molecule has 0 amide bonds. The number of Topliss-reactive ketones (excluding diaryl/α,β-unsaturated/α-hetero) is 1. The number of hydrogen-bond donors (Lipinski definition) is 1. The molecule has 0 aliphatic carbocycles. The number of rotatable bonds is 5. The zero-order valence-corrected chi connectivity index (χ0v) is 15.2. The van der Waals surface area contributed by atoms with E-state index in [1.165, 1.54) is 20.2 Å². The van der Waals surface area contributed by atoms with Crippen LogP contribution in [0.5, 0.6) is 0 Å². The highest BCUT2D eigenvalue weighted by molar-refractivity contribution is 7.99. The second-order valence-electron chi connectivity index (χ2n) is 5.71. The highest BCUT2D eigenvalue weighted by Crippen LogP contribution is 2.29. The molecule has 0 bridgehead atoms. The number of para-hydroxylation sites is 2. The number of halogens is 2. The van der Waals surface area contributed by atoms with Crippen LogP contribution in [-0.4, -0.2) is 30.2 Å². The predicted molar refractivity (Wildman–Crippen MR) is 97.4 cm³/mol. The minimum Gasteiger partial charge on any atom is -0.384 e. The minimum atomic E-state index is -2.84. The highest BCUT2D eigenvalue weighted by Gasteiger charge is 2.23. The summed E-state index contributed by atoms with van der Waals surface area (Å²) in [5, 5.41) is -0.0558. The van der Waals surface area contributed by atoms with Gasteiger partial charge >= 0.3 is 12.2 Å². The van der Waals surface area contributed by atoms with Gasteiger partial charge in [-0.25, -0.2) is 9.78 Å². The number of ketones is 1. The molecule has 2 heterocycles. The summed E-state index contributed by atoms with van der Waals surface area (Å²) in [6.45, 7) is -2.84. The van der Waals surface area contributed by atoms with Crippen molar-refractivity contribution in [1.29, 1.82) is 0 Å². The molecule has 2 N–H and O–H groups in total. The van der Waals surface area contributed by atoms with Crippen LogP contribution < -0.4 is 17.0 Å². The zero-order chi connectivity index (χ0) is 19.9. The van der Waals surface area contributed by atoms with E-state index in [1.807, 2.05) is 0 Å². The molecule has 0 saturated heterocycles. The van der Waals surface area contributed by atoms with Crippen molar-refractivity contribution in [2.75, 3.05) is 11.5 Å². The number of nitrogens with zero attached hydrogens (tertiary/aromatic N) is 4. The second kappa shape index (κ2) is 6.99. The standard InChI is InChI=1S/C16H15F2N5O3S/c1-21-12(19)11(13(25)22(2)16(21)26)10(24)7-27-15-20-8-5-3-4-6-9(8)23(15)14(17)18/h3-6,14H,7,19H2,1-2H3. The van der Waals surface area contributed by atoms with Gasteiger partial charge in [-0.05, 0) is 12.1 Å². The first-order valence-corrected chi connectivity index (χ1v) is 8.69. The Balaban J connectivity index is 1.96. The van der Waals surface area contributed by atoms with Crippen LogP contribution in [0.3, 0.4) is 0 Å². The van der Waals surface area contributed by atoms with E-state index in [-0.39, 0.29) is 27.8 Å². The number of alkyl halides is 2. The molecule has 0 aliphatic rings. The van der Waals surface area contributed by atoms with Gasteiger partial charge in [0.15, 0.2) is 10.9 Å². The van der Waals surface area contributed by atoms with E-state index in [9.17, 15) is 23.2 Å². The minimum absolute atomic E-state index is 0.0558. The lowest BCUT2D eigenvalue weighted by Gasteiger charge is -2.11. The van der Waals surface area contributed by atoms with Crippen molar-refractivity contribution in [2.24, 2.45) is 14.1 Å². The Bertz CT molecular complexity index is 1170. The topological polar surface area (TPSA) is 105 Å². The number of imidazole rings is 1. The van der Waals surface area contributed by atoms with E-state index in [2.05, 4.69) is 4.98 Å². The maximum Gasteiger partial charge on any atom is 0.332 e. The quantitative estimate of drug-likeness (QED) is 0.517. The third-order valence-electron chi connectivity index (χ3n) is 4.08. The molecule has 0 unspecified atom stereocenters. The fourth-order valence-corrected chi connectivity index (χ4v) is 3.52. The molecule has 3 rings (SSSR count). The Morgan fingerprint density at radius 3 is 2.56 bits per heavy atom. The summed E-state index contributed by atoms with van der Waals surface area (Å²) in [5.74, 6) is -1.29. The summed E-state index contributed by atoms with van der Waals surface area (Å²) in [6, 6.07) is 6.36. The molecule has 11 heteroatoms. The summed E-state index contributed by atoms with van der Waals surface area (Å²) in [4.78, 5) is 40.7. The van der Waals surface area contributed by atoms with Crippen LogP contribution in [0.25, 0.3) is 11.0 Å². The smallest absolute Gasteiger partial charge is 0.332 e. The first-order valence-electron chi connectivity index (χ1n) is 7.70. The lowest BCUT2D eigenvalue weighted by atomic mass is 10.2. The van der Waals surface area contributed by atoms with Crippen LogP contribution in [0.4, 0.5) is 14.6 Å². The molecule has 8 nitrogen and oxygen atoms in total. The van der Waals surface area contributed by atoms with Crippen LogP contribution in [0.1, 0.15) is 16.9 Å². The van der Waals surface area contributed by atoms with Crippen LogP contribution in [0, 0.1) is 0 Å². The van der Waals surface area contributed by atoms with Gasteiger partial charge in [0.25, 0.3) is 5.56 Å². The first kappa shape index (κ1) is 18.8. The average Bonchev–Trinajstić information content (AvgIpc) is 3.02. The van der Waals surface area contributed by atoms with Gasteiger partial charge in [0, 0.05) is 14.1 Å². The SMILES string of the molecule is Cn1c(N)c(C(=O)CSc2nc3ccccc3n2C(F)F)c(=O)n(C)c1=O. The van der Waals surface area contributed by atoms with Crippen LogP contribution in [0.2, 0.25) is 0 Å². The first-order chi connectivity index (χ1) is 12.7. The number of fused-ring (bicyclic) bond motifs is 1. The van der Waals surface area contributed by atoms with Crippen LogP contribution >= 0.6 is 11.8 Å². The van der Waals surface area contributed by atoms with E-state index in [1.54, 1.807) is 18.2 Å². The monoisotopic (exact) mass is 395 g/mol. The van der Waals surface area contributed by atoms with E-state index < -0.39 is 23.6 Å². The van der Waals surface area contributed by atoms with Crippen LogP contribution in [-0.2, 0) is 14.1 Å². The van der Waals surface area contributed by atoms with Gasteiger partial charge in [0.05, 0.1) is 16.8 Å². The lowest BCUT2D eigenvalue weighted by molar-refractivity contribution is 0.0656. The summed E-state index contributed by atoms with van der Waals surface area (Å²) >= 11 is 0.769. The summed E-state index contributed by atoms with van der Waals surface area (Å²) in [6.07, 6.45) is 0. The molecule has 2 aromatic heterocycles. The van der Waals surface area contributed by atoms with Crippen molar-refractivity contribution in [3.63, 3.8) is 0 Å². The van der Waals surface area contributed by atoms with Gasteiger partial charge in [-0.2, -0.15) is 8.78 Å². The van der Waals surface area contributed by atoms with Gasteiger partial charge in [-0.1, -0.05) is 23.9 Å². The third-order valence-corrected chi connectivity index (χ3v) is 5.03. The second-order valence-corrected chi connectivity index (χ2v) is 6.65. The number of hydrogen-bond acceptors (Lipinski definition) is 6. The number of aromatic nitrogens is 4. The lowest BCUT2D eigenvalue weighted by Crippen LogP contribution is -2.41. The maximum atomic E-state index is 13.4.